The monoisotopic (exact) mass is 931 g/mol. The van der Waals surface area contributed by atoms with E-state index in [9.17, 15) is 19.2 Å². The van der Waals surface area contributed by atoms with Gasteiger partial charge in [0.05, 0.1) is 42.6 Å². The number of imidazole rings is 2. The molecule has 4 aromatic heterocycles. The summed E-state index contributed by atoms with van der Waals surface area (Å²) in [6, 6.07) is 10.7. The minimum atomic E-state index is -2.74. The number of hydrogen-bond acceptors (Lipinski definition) is 10. The lowest BCUT2D eigenvalue weighted by Crippen LogP contribution is -2.44. The fraction of sp³-hybridized carbons (Fsp3) is 0.480. The number of carbonyl (C=O) groups is 3. The number of para-hydroxylation sites is 1. The molecular formula is C50H59F2N11O5. The van der Waals surface area contributed by atoms with Crippen LogP contribution in [0.15, 0.2) is 59.8 Å². The van der Waals surface area contributed by atoms with Gasteiger partial charge in [0.15, 0.2) is 5.82 Å². The van der Waals surface area contributed by atoms with Crippen LogP contribution in [0.2, 0.25) is 0 Å². The molecule has 5 aliphatic rings. The summed E-state index contributed by atoms with van der Waals surface area (Å²) in [5.41, 5.74) is 7.64. The van der Waals surface area contributed by atoms with Crippen LogP contribution in [0.25, 0.3) is 27.8 Å². The normalized spacial score (nSPS) is 19.9. The van der Waals surface area contributed by atoms with Crippen LogP contribution in [0.4, 0.5) is 26.0 Å². The number of fused-ring (bicyclic) bond motifs is 4. The molecule has 0 radical (unpaired) electrons. The van der Waals surface area contributed by atoms with Gasteiger partial charge in [0.2, 0.25) is 17.7 Å². The number of benzene rings is 2. The van der Waals surface area contributed by atoms with E-state index >= 15 is 8.78 Å². The predicted molar refractivity (Wildman–Crippen MR) is 255 cm³/mol. The van der Waals surface area contributed by atoms with Gasteiger partial charge in [0.1, 0.15) is 17.4 Å². The van der Waals surface area contributed by atoms with Gasteiger partial charge in [-0.15, -0.1) is 0 Å². The first-order chi connectivity index (χ1) is 32.9. The molecule has 0 spiro atoms. The van der Waals surface area contributed by atoms with Crippen LogP contribution >= 0.6 is 0 Å². The standard InChI is InChI=1S/C50H57F2N11O5.H2/c1-30(64)59-22-15-38-37(28-59)48(61-17-5-6-32-24-34(36(47(51)52)25-42(32)61)35-26-44-53-16-23-60(44)29-43(35)68-3)55-63(38)33-13-18-57(19-14-33)27-31-11-20-58(21-12-31)39-7-4-8-40-46(39)56(2)50(67)62(40)41-9-10-45(65)54-49(41)66;/h4,7-8,16,23-26,29,31,33,41,47H,5-6,9-15,17-22,27-28H2,1-3H3,(H,54,65,66);1H. The number of aryl methyl sites for hydroxylation is 2. The molecule has 0 saturated carbocycles. The highest BCUT2D eigenvalue weighted by Gasteiger charge is 2.37. The lowest BCUT2D eigenvalue weighted by molar-refractivity contribution is -0.135. The minimum absolute atomic E-state index is 0. The van der Waals surface area contributed by atoms with Crippen LogP contribution in [-0.4, -0.2) is 109 Å². The Morgan fingerprint density at radius 1 is 0.941 bits per heavy atom. The number of pyridine rings is 1. The Balaban J connectivity index is 0.00000553. The van der Waals surface area contributed by atoms with E-state index in [1.54, 1.807) is 60.9 Å². The number of amides is 3. The van der Waals surface area contributed by atoms with Crippen molar-refractivity contribution in [2.24, 2.45) is 13.0 Å². The number of anilines is 3. The van der Waals surface area contributed by atoms with Gasteiger partial charge in [-0.2, -0.15) is 5.10 Å². The summed E-state index contributed by atoms with van der Waals surface area (Å²) < 4.78 is 43.3. The van der Waals surface area contributed by atoms with E-state index in [1.165, 1.54) is 0 Å². The van der Waals surface area contributed by atoms with Crippen molar-refractivity contribution in [3.05, 3.63) is 87.9 Å². The molecule has 3 saturated heterocycles. The van der Waals surface area contributed by atoms with Crippen molar-refractivity contribution in [1.82, 2.24) is 43.4 Å². The number of piperidine rings is 3. The number of methoxy groups -OCH3 is 1. The van der Waals surface area contributed by atoms with Crippen molar-refractivity contribution >= 4 is 51.6 Å². The third-order valence-electron chi connectivity index (χ3n) is 15.4. The first kappa shape index (κ1) is 44.0. The Bertz CT molecular complexity index is 3040. The quantitative estimate of drug-likeness (QED) is 0.158. The number of halogens is 2. The third-order valence-corrected chi connectivity index (χ3v) is 15.4. The average molecular weight is 932 g/mol. The molecule has 9 heterocycles. The molecule has 1 N–H and O–H groups in total. The summed E-state index contributed by atoms with van der Waals surface area (Å²) in [6.45, 7) is 7.85. The SMILES string of the molecule is COc1cn2ccnc2cc1-c1cc2c(cc1C(F)F)N(c1nn(C3CCN(CC4CCN(c5cccc6c5n(C)c(=O)n6C5CCC(=O)NC5=O)CC4)CC3)c3c1CN(C(C)=O)CC3)CCC2.[HH]. The summed E-state index contributed by atoms with van der Waals surface area (Å²) in [7, 11) is 3.30. The predicted octanol–water partition coefficient (Wildman–Crippen LogP) is 6.56. The molecule has 5 aliphatic heterocycles. The summed E-state index contributed by atoms with van der Waals surface area (Å²) in [4.78, 5) is 64.4. The highest BCUT2D eigenvalue weighted by Crippen LogP contribution is 2.46. The van der Waals surface area contributed by atoms with E-state index < -0.39 is 18.4 Å². The molecule has 3 fully saturated rings. The molecule has 0 aliphatic carbocycles. The van der Waals surface area contributed by atoms with Crippen LogP contribution in [0.3, 0.4) is 0 Å². The Hall–Kier alpha value is -6.56. The second-order valence-corrected chi connectivity index (χ2v) is 19.2. The van der Waals surface area contributed by atoms with E-state index in [4.69, 9.17) is 9.84 Å². The molecule has 18 heteroatoms. The summed E-state index contributed by atoms with van der Waals surface area (Å²) in [5.74, 6) is 1.03. The maximum atomic E-state index is 15.2. The first-order valence-corrected chi connectivity index (χ1v) is 24.1. The molecule has 16 nitrogen and oxygen atoms in total. The van der Waals surface area contributed by atoms with E-state index in [0.29, 0.717) is 66.4 Å². The first-order valence-electron chi connectivity index (χ1n) is 24.1. The highest BCUT2D eigenvalue weighted by molar-refractivity contribution is 6.00. The van der Waals surface area contributed by atoms with Crippen molar-refractivity contribution in [3.63, 3.8) is 0 Å². The maximum Gasteiger partial charge on any atom is 0.329 e. The second kappa shape index (κ2) is 17.5. The Morgan fingerprint density at radius 2 is 1.75 bits per heavy atom. The number of hydrogen-bond donors (Lipinski definition) is 1. The number of aromatic nitrogens is 6. The highest BCUT2D eigenvalue weighted by atomic mass is 19.3. The zero-order valence-corrected chi connectivity index (χ0v) is 38.8. The van der Waals surface area contributed by atoms with E-state index in [2.05, 4.69) is 35.7 Å². The summed E-state index contributed by atoms with van der Waals surface area (Å²) in [5, 5.41) is 7.80. The second-order valence-electron chi connectivity index (χ2n) is 19.2. The minimum Gasteiger partial charge on any atom is -0.495 e. The molecule has 0 bridgehead atoms. The lowest BCUT2D eigenvalue weighted by atomic mass is 9.91. The van der Waals surface area contributed by atoms with Crippen LogP contribution in [0.1, 0.15) is 94.2 Å². The number of carbonyl (C=O) groups excluding carboxylic acids is 3. The molecule has 2 aromatic carbocycles. The van der Waals surface area contributed by atoms with Gasteiger partial charge < -0.3 is 28.7 Å². The number of imide groups is 1. The molecule has 11 rings (SSSR count). The van der Waals surface area contributed by atoms with Crippen molar-refractivity contribution in [2.45, 2.75) is 89.8 Å². The number of ether oxygens (including phenoxy) is 1. The smallest absolute Gasteiger partial charge is 0.329 e. The van der Waals surface area contributed by atoms with E-state index in [1.807, 2.05) is 27.5 Å². The van der Waals surface area contributed by atoms with Crippen molar-refractivity contribution < 1.29 is 29.3 Å². The van der Waals surface area contributed by atoms with Gasteiger partial charge in [-0.1, -0.05) is 6.07 Å². The number of likely N-dealkylation sites (tertiary alicyclic amines) is 1. The fourth-order valence-electron chi connectivity index (χ4n) is 11.8. The van der Waals surface area contributed by atoms with E-state index in [0.717, 1.165) is 111 Å². The molecule has 6 aromatic rings. The molecular weight excluding hydrogens is 873 g/mol. The molecule has 3 amide bonds. The van der Waals surface area contributed by atoms with Gasteiger partial charge in [-0.25, -0.2) is 18.6 Å². The Kier molecular flexibility index (Phi) is 11.3. The lowest BCUT2D eigenvalue weighted by Gasteiger charge is -2.39. The summed E-state index contributed by atoms with van der Waals surface area (Å²) in [6.07, 6.45) is 9.12. The Morgan fingerprint density at radius 3 is 2.50 bits per heavy atom. The molecule has 68 heavy (non-hydrogen) atoms. The Labute approximate surface area is 393 Å². The average Bonchev–Trinajstić information content (AvgIpc) is 4.04. The molecule has 1 unspecified atom stereocenters. The summed E-state index contributed by atoms with van der Waals surface area (Å²) >= 11 is 0. The zero-order chi connectivity index (χ0) is 47.0. The van der Waals surface area contributed by atoms with Gasteiger partial charge in [0.25, 0.3) is 6.43 Å². The number of nitrogens with zero attached hydrogens (tertiary/aromatic N) is 10. The van der Waals surface area contributed by atoms with Crippen molar-refractivity contribution in [3.8, 4) is 16.9 Å². The van der Waals surface area contributed by atoms with Crippen molar-refractivity contribution in [1.29, 1.82) is 0 Å². The molecule has 358 valence electrons. The number of rotatable bonds is 9. The topological polar surface area (TPSA) is 147 Å². The fourth-order valence-corrected chi connectivity index (χ4v) is 11.8. The number of alkyl halides is 2. The molecule has 1 atom stereocenters. The van der Waals surface area contributed by atoms with Crippen LogP contribution in [-0.2, 0) is 40.8 Å². The van der Waals surface area contributed by atoms with Crippen molar-refractivity contribution in [2.75, 3.05) is 62.7 Å². The van der Waals surface area contributed by atoms with E-state index in [-0.39, 0.29) is 37.0 Å². The largest absolute Gasteiger partial charge is 0.495 e. The maximum absolute atomic E-state index is 15.2. The number of nitrogens with one attached hydrogen (secondary N) is 1. The van der Waals surface area contributed by atoms with Crippen LogP contribution < -0.4 is 25.5 Å². The van der Waals surface area contributed by atoms with Crippen LogP contribution in [0.5, 0.6) is 5.75 Å². The van der Waals surface area contributed by atoms with Gasteiger partial charge in [0, 0.05) is 115 Å². The zero-order valence-electron chi connectivity index (χ0n) is 38.8. The van der Waals surface area contributed by atoms with Crippen LogP contribution in [0, 0.1) is 5.92 Å². The third kappa shape index (κ3) is 7.60. The van der Waals surface area contributed by atoms with Gasteiger partial charge in [-0.3, -0.25) is 33.5 Å². The van der Waals surface area contributed by atoms with Gasteiger partial charge >= 0.3 is 5.69 Å². The van der Waals surface area contributed by atoms with Gasteiger partial charge in [-0.05, 0) is 92.3 Å².